The molecule has 0 saturated carbocycles. The van der Waals surface area contributed by atoms with Crippen LogP contribution in [0.15, 0.2) is 6.33 Å². The third-order valence-corrected chi connectivity index (χ3v) is 4.10. The van der Waals surface area contributed by atoms with Gasteiger partial charge in [-0.05, 0) is 39.5 Å². The molecule has 1 N–H and O–H groups in total. The van der Waals surface area contributed by atoms with Gasteiger partial charge in [0.2, 0.25) is 0 Å². The van der Waals surface area contributed by atoms with Crippen molar-refractivity contribution in [3.63, 3.8) is 0 Å². The van der Waals surface area contributed by atoms with Crippen LogP contribution in [0.4, 0.5) is 11.6 Å². The summed E-state index contributed by atoms with van der Waals surface area (Å²) < 4.78 is 0. The van der Waals surface area contributed by atoms with Crippen LogP contribution >= 0.6 is 0 Å². The summed E-state index contributed by atoms with van der Waals surface area (Å²) in [5, 5.41) is 3.40. The molecule has 1 aromatic heterocycles. The summed E-state index contributed by atoms with van der Waals surface area (Å²) in [5.74, 6) is 2.10. The average molecular weight is 262 g/mol. The summed E-state index contributed by atoms with van der Waals surface area (Å²) in [4.78, 5) is 11.4. The first-order valence-corrected chi connectivity index (χ1v) is 7.52. The van der Waals surface area contributed by atoms with Crippen LogP contribution in [0.1, 0.15) is 52.0 Å². The fourth-order valence-electron chi connectivity index (χ4n) is 2.98. The van der Waals surface area contributed by atoms with Crippen molar-refractivity contribution in [3.05, 3.63) is 11.9 Å². The van der Waals surface area contributed by atoms with Gasteiger partial charge in [-0.2, -0.15) is 0 Å². The van der Waals surface area contributed by atoms with Gasteiger partial charge in [-0.3, -0.25) is 0 Å². The van der Waals surface area contributed by atoms with Gasteiger partial charge >= 0.3 is 0 Å². The largest absolute Gasteiger partial charge is 0.370 e. The van der Waals surface area contributed by atoms with Gasteiger partial charge in [0, 0.05) is 24.2 Å². The molecular weight excluding hydrogens is 236 g/mol. The molecule has 4 heteroatoms. The molecule has 1 saturated heterocycles. The molecule has 0 radical (unpaired) electrons. The van der Waals surface area contributed by atoms with E-state index >= 15 is 0 Å². The molecule has 1 fully saturated rings. The molecule has 4 nitrogen and oxygen atoms in total. The van der Waals surface area contributed by atoms with Crippen LogP contribution < -0.4 is 10.2 Å². The zero-order chi connectivity index (χ0) is 13.8. The Morgan fingerprint density at radius 1 is 1.32 bits per heavy atom. The fourth-order valence-corrected chi connectivity index (χ4v) is 2.98. The summed E-state index contributed by atoms with van der Waals surface area (Å²) >= 11 is 0. The van der Waals surface area contributed by atoms with Crippen LogP contribution in [0, 0.1) is 6.92 Å². The molecule has 106 valence electrons. The third kappa shape index (κ3) is 2.82. The van der Waals surface area contributed by atoms with Crippen LogP contribution in [-0.2, 0) is 0 Å². The maximum Gasteiger partial charge on any atom is 0.137 e. The molecule has 0 amide bonds. The minimum Gasteiger partial charge on any atom is -0.370 e. The Kier molecular flexibility index (Phi) is 4.61. The Morgan fingerprint density at radius 2 is 2.11 bits per heavy atom. The number of aromatic nitrogens is 2. The molecule has 2 heterocycles. The normalized spacial score (nSPS) is 22.8. The van der Waals surface area contributed by atoms with E-state index in [2.05, 4.69) is 47.9 Å². The summed E-state index contributed by atoms with van der Waals surface area (Å²) in [6, 6.07) is 1.21. The topological polar surface area (TPSA) is 41.1 Å². The lowest BCUT2D eigenvalue weighted by atomic mass is 10.1. The van der Waals surface area contributed by atoms with Crippen LogP contribution in [0.25, 0.3) is 0 Å². The number of hydrogen-bond donors (Lipinski definition) is 1. The molecule has 1 aliphatic rings. The van der Waals surface area contributed by atoms with Crippen molar-refractivity contribution in [2.45, 2.75) is 65.5 Å². The average Bonchev–Trinajstić information content (AvgIpc) is 2.79. The van der Waals surface area contributed by atoms with Gasteiger partial charge in [0.1, 0.15) is 18.0 Å². The van der Waals surface area contributed by atoms with E-state index in [1.165, 1.54) is 24.8 Å². The lowest BCUT2D eigenvalue weighted by Gasteiger charge is -2.30. The van der Waals surface area contributed by atoms with Crippen LogP contribution in [0.5, 0.6) is 0 Å². The van der Waals surface area contributed by atoms with Gasteiger partial charge < -0.3 is 10.2 Å². The Labute approximate surface area is 116 Å². The van der Waals surface area contributed by atoms with Crippen LogP contribution in [0.2, 0.25) is 0 Å². The van der Waals surface area contributed by atoms with Gasteiger partial charge in [-0.15, -0.1) is 0 Å². The first-order chi connectivity index (χ1) is 9.19. The number of anilines is 2. The van der Waals surface area contributed by atoms with Crippen molar-refractivity contribution >= 4 is 11.6 Å². The van der Waals surface area contributed by atoms with Gasteiger partial charge in [0.25, 0.3) is 0 Å². The summed E-state index contributed by atoms with van der Waals surface area (Å²) in [6.07, 6.45) is 6.53. The van der Waals surface area contributed by atoms with Gasteiger partial charge in [-0.25, -0.2) is 9.97 Å². The molecule has 19 heavy (non-hydrogen) atoms. The Bertz CT molecular complexity index is 419. The predicted octanol–water partition coefficient (Wildman–Crippen LogP) is 3.37. The first-order valence-electron chi connectivity index (χ1n) is 7.52. The summed E-state index contributed by atoms with van der Waals surface area (Å²) in [7, 11) is 0. The van der Waals surface area contributed by atoms with Crippen molar-refractivity contribution in [3.8, 4) is 0 Å². The van der Waals surface area contributed by atoms with E-state index in [1.54, 1.807) is 6.33 Å². The molecule has 2 unspecified atom stereocenters. The molecule has 1 aromatic rings. The van der Waals surface area contributed by atoms with E-state index in [0.717, 1.165) is 24.6 Å². The highest BCUT2D eigenvalue weighted by Crippen LogP contribution is 2.33. The van der Waals surface area contributed by atoms with Gasteiger partial charge in [0.05, 0.1) is 0 Å². The number of nitrogens with one attached hydrogen (secondary N) is 1. The Balaban J connectivity index is 2.28. The smallest absolute Gasteiger partial charge is 0.137 e. The highest BCUT2D eigenvalue weighted by Gasteiger charge is 2.31. The second-order valence-electron chi connectivity index (χ2n) is 5.49. The molecule has 2 rings (SSSR count). The fraction of sp³-hybridized carbons (Fsp3) is 0.733. The highest BCUT2D eigenvalue weighted by atomic mass is 15.3. The number of hydrogen-bond acceptors (Lipinski definition) is 4. The van der Waals surface area contributed by atoms with Crippen molar-refractivity contribution in [2.24, 2.45) is 0 Å². The van der Waals surface area contributed by atoms with Crippen molar-refractivity contribution in [2.75, 3.05) is 16.8 Å². The van der Waals surface area contributed by atoms with E-state index in [0.29, 0.717) is 12.1 Å². The number of nitrogens with zero attached hydrogens (tertiary/aromatic N) is 3. The number of rotatable bonds is 5. The minimum atomic E-state index is 0.581. The second-order valence-corrected chi connectivity index (χ2v) is 5.49. The molecule has 0 aliphatic carbocycles. The molecule has 0 bridgehead atoms. The van der Waals surface area contributed by atoms with Crippen molar-refractivity contribution in [1.82, 2.24) is 9.97 Å². The summed E-state index contributed by atoms with van der Waals surface area (Å²) in [6.45, 7) is 9.83. The maximum absolute atomic E-state index is 4.55. The SMILES string of the molecule is CCCNc1ncnc(N2C(C)CCC2CC)c1C. The Morgan fingerprint density at radius 3 is 2.79 bits per heavy atom. The second kappa shape index (κ2) is 6.22. The molecule has 1 aliphatic heterocycles. The van der Waals surface area contributed by atoms with Gasteiger partial charge in [0.15, 0.2) is 0 Å². The lowest BCUT2D eigenvalue weighted by Crippen LogP contribution is -2.35. The minimum absolute atomic E-state index is 0.581. The van der Waals surface area contributed by atoms with E-state index < -0.39 is 0 Å². The molecular formula is C15H26N4. The van der Waals surface area contributed by atoms with Gasteiger partial charge in [-0.1, -0.05) is 13.8 Å². The maximum atomic E-state index is 4.55. The Hall–Kier alpha value is -1.32. The quantitative estimate of drug-likeness (QED) is 0.883. The standard InChI is InChI=1S/C15H26N4/c1-5-9-16-14-12(4)15(18-10-17-14)19-11(3)7-8-13(19)6-2/h10-11,13H,5-9H2,1-4H3,(H,16,17,18). The molecule has 2 atom stereocenters. The monoisotopic (exact) mass is 262 g/mol. The van der Waals surface area contributed by atoms with Crippen molar-refractivity contribution < 1.29 is 0 Å². The van der Waals surface area contributed by atoms with E-state index in [4.69, 9.17) is 0 Å². The van der Waals surface area contributed by atoms with E-state index in [1.807, 2.05) is 0 Å². The highest BCUT2D eigenvalue weighted by molar-refractivity contribution is 5.59. The lowest BCUT2D eigenvalue weighted by molar-refractivity contribution is 0.619. The zero-order valence-electron chi connectivity index (χ0n) is 12.6. The van der Waals surface area contributed by atoms with E-state index in [9.17, 15) is 0 Å². The predicted molar refractivity (Wildman–Crippen MR) is 80.8 cm³/mol. The molecule has 0 spiro atoms. The van der Waals surface area contributed by atoms with Crippen molar-refractivity contribution in [1.29, 1.82) is 0 Å². The zero-order valence-corrected chi connectivity index (χ0v) is 12.6. The first kappa shape index (κ1) is 14.1. The summed E-state index contributed by atoms with van der Waals surface area (Å²) in [5.41, 5.74) is 1.18. The van der Waals surface area contributed by atoms with Crippen LogP contribution in [0.3, 0.4) is 0 Å². The third-order valence-electron chi connectivity index (χ3n) is 4.10. The molecule has 0 aromatic carbocycles. The van der Waals surface area contributed by atoms with Crippen LogP contribution in [-0.4, -0.2) is 28.6 Å². The van der Waals surface area contributed by atoms with E-state index in [-0.39, 0.29) is 0 Å².